The average molecular weight is 225 g/mol. The van der Waals surface area contributed by atoms with E-state index in [0.717, 1.165) is 19.0 Å². The van der Waals surface area contributed by atoms with Gasteiger partial charge in [0.15, 0.2) is 0 Å². The zero-order chi connectivity index (χ0) is 12.2. The van der Waals surface area contributed by atoms with E-state index >= 15 is 0 Å². The maximum atomic E-state index is 4.38. The van der Waals surface area contributed by atoms with Gasteiger partial charge in [-0.05, 0) is 13.8 Å². The van der Waals surface area contributed by atoms with Gasteiger partial charge in [-0.25, -0.2) is 0 Å². The highest BCUT2D eigenvalue weighted by Gasteiger charge is 2.19. The maximum Gasteiger partial charge on any atom is 0.334 e. The third-order valence-electron chi connectivity index (χ3n) is 1.89. The molecule has 6 heteroatoms. The number of nitrogens with one attached hydrogen (secondary N) is 2. The summed E-state index contributed by atoms with van der Waals surface area (Å²) in [5, 5.41) is 6.21. The normalized spacial score (nSPS) is 11.3. The largest absolute Gasteiger partial charge is 0.354 e. The van der Waals surface area contributed by atoms with Gasteiger partial charge in [0.2, 0.25) is 11.9 Å². The Morgan fingerprint density at radius 2 is 1.31 bits per heavy atom. The predicted molar refractivity (Wildman–Crippen MR) is 67.7 cm³/mol. The van der Waals surface area contributed by atoms with Crippen LogP contribution in [0.4, 0.5) is 17.8 Å². The second kappa shape index (κ2) is 5.07. The van der Waals surface area contributed by atoms with Crippen LogP contribution in [0.2, 0.25) is 0 Å². The van der Waals surface area contributed by atoms with E-state index in [1.807, 2.05) is 35.0 Å². The molecule has 0 aliphatic rings. The summed E-state index contributed by atoms with van der Waals surface area (Å²) in [5.74, 6) is 1.98. The second-order valence-electron chi connectivity index (χ2n) is 4.36. The second-order valence-corrected chi connectivity index (χ2v) is 4.36. The Balaban J connectivity index is 3.08. The summed E-state index contributed by atoms with van der Waals surface area (Å²) in [7, 11) is 6.09. The van der Waals surface area contributed by atoms with Crippen molar-refractivity contribution >= 4 is 17.8 Å². The van der Waals surface area contributed by atoms with E-state index in [1.165, 1.54) is 0 Å². The van der Waals surface area contributed by atoms with Crippen LogP contribution in [-0.4, -0.2) is 49.2 Å². The minimum absolute atomic E-state index is 0.569. The molecule has 0 saturated carbocycles. The molecule has 0 saturated heterocycles. The predicted octanol–water partition coefficient (Wildman–Crippen LogP) is 0.932. The summed E-state index contributed by atoms with van der Waals surface area (Å²) in [6, 6.07) is 0. The number of rotatable bonds is 5. The molecule has 90 valence electrons. The molecular weight excluding hydrogens is 204 g/mol. The Morgan fingerprint density at radius 1 is 0.875 bits per heavy atom. The fraction of sp³-hybridized carbons (Fsp3) is 0.700. The Hall–Kier alpha value is -1.43. The Bertz CT molecular complexity index is 319. The Labute approximate surface area is 96.7 Å². The van der Waals surface area contributed by atoms with Crippen LogP contribution in [0.15, 0.2) is 0 Å². The maximum absolute atomic E-state index is 4.38. The average Bonchev–Trinajstić information content (AvgIpc) is 2.17. The highest BCUT2D eigenvalue weighted by Crippen LogP contribution is 2.14. The monoisotopic (exact) mass is 225 g/mol. The molecule has 1 rings (SSSR count). The van der Waals surface area contributed by atoms with Crippen molar-refractivity contribution in [2.24, 2.45) is 0 Å². The lowest BCUT2D eigenvalue weighted by Crippen LogP contribution is -2.37. The zero-order valence-corrected chi connectivity index (χ0v) is 10.7. The van der Waals surface area contributed by atoms with Gasteiger partial charge in [0.05, 0.1) is 21.1 Å². The van der Waals surface area contributed by atoms with Gasteiger partial charge in [0.1, 0.15) is 0 Å². The van der Waals surface area contributed by atoms with E-state index < -0.39 is 0 Å². The minimum Gasteiger partial charge on any atom is -0.354 e. The van der Waals surface area contributed by atoms with Crippen molar-refractivity contribution in [1.29, 1.82) is 0 Å². The van der Waals surface area contributed by atoms with Crippen molar-refractivity contribution in [3.63, 3.8) is 0 Å². The van der Waals surface area contributed by atoms with Gasteiger partial charge in [0, 0.05) is 13.1 Å². The summed E-state index contributed by atoms with van der Waals surface area (Å²) < 4.78 is 0.569. The zero-order valence-electron chi connectivity index (χ0n) is 10.7. The Morgan fingerprint density at radius 3 is 1.62 bits per heavy atom. The molecule has 0 aliphatic carbocycles. The standard InChI is InChI=1S/C10H21N6/c1-6-11-8-13-9(12-7-2)15-10(14-8)16(3,4)5/h6-7H2,1-5H3,(H2,11,12,13,14,15)/q+1. The van der Waals surface area contributed by atoms with Crippen molar-refractivity contribution in [2.45, 2.75) is 13.8 Å². The Kier molecular flexibility index (Phi) is 4.00. The van der Waals surface area contributed by atoms with Crippen molar-refractivity contribution in [3.8, 4) is 0 Å². The van der Waals surface area contributed by atoms with Crippen molar-refractivity contribution in [3.05, 3.63) is 0 Å². The number of aromatic nitrogens is 3. The van der Waals surface area contributed by atoms with Crippen molar-refractivity contribution in [2.75, 3.05) is 44.9 Å². The lowest BCUT2D eigenvalue weighted by Gasteiger charge is -2.21. The van der Waals surface area contributed by atoms with Gasteiger partial charge in [-0.15, -0.1) is 9.97 Å². The summed E-state index contributed by atoms with van der Waals surface area (Å²) in [6.45, 7) is 5.63. The van der Waals surface area contributed by atoms with Gasteiger partial charge in [0.25, 0.3) is 0 Å². The highest BCUT2D eigenvalue weighted by molar-refractivity contribution is 5.41. The smallest absolute Gasteiger partial charge is 0.334 e. The lowest BCUT2D eigenvalue weighted by atomic mass is 10.6. The molecule has 0 aliphatic heterocycles. The molecule has 0 amide bonds. The summed E-state index contributed by atoms with van der Waals surface area (Å²) in [5.41, 5.74) is 0. The molecule has 0 unspecified atom stereocenters. The van der Waals surface area contributed by atoms with Crippen LogP contribution in [0.5, 0.6) is 0 Å². The number of anilines is 2. The molecule has 2 N–H and O–H groups in total. The van der Waals surface area contributed by atoms with Gasteiger partial charge in [-0.1, -0.05) is 0 Å². The van der Waals surface area contributed by atoms with Crippen LogP contribution in [0.1, 0.15) is 13.8 Å². The molecule has 1 aromatic heterocycles. The molecule has 0 atom stereocenters. The van der Waals surface area contributed by atoms with E-state index in [0.29, 0.717) is 16.4 Å². The first kappa shape index (κ1) is 12.6. The lowest BCUT2D eigenvalue weighted by molar-refractivity contribution is 0.458. The third kappa shape index (κ3) is 3.30. The van der Waals surface area contributed by atoms with Crippen LogP contribution in [0, 0.1) is 0 Å². The number of hydrogen-bond donors (Lipinski definition) is 2. The molecule has 6 nitrogen and oxygen atoms in total. The molecule has 0 radical (unpaired) electrons. The summed E-state index contributed by atoms with van der Waals surface area (Å²) in [6.07, 6.45) is 0. The number of quaternary nitrogens is 1. The molecule has 0 aromatic carbocycles. The van der Waals surface area contributed by atoms with E-state index in [9.17, 15) is 0 Å². The molecule has 0 fully saturated rings. The molecule has 1 heterocycles. The third-order valence-corrected chi connectivity index (χ3v) is 1.89. The number of hydrogen-bond acceptors (Lipinski definition) is 5. The van der Waals surface area contributed by atoms with E-state index in [4.69, 9.17) is 0 Å². The molecule has 1 aromatic rings. The molecule has 0 spiro atoms. The van der Waals surface area contributed by atoms with Crippen molar-refractivity contribution in [1.82, 2.24) is 19.4 Å². The van der Waals surface area contributed by atoms with E-state index in [2.05, 4.69) is 25.6 Å². The van der Waals surface area contributed by atoms with Crippen LogP contribution in [0.3, 0.4) is 0 Å². The van der Waals surface area contributed by atoms with Crippen molar-refractivity contribution < 1.29 is 0 Å². The molecule has 16 heavy (non-hydrogen) atoms. The summed E-state index contributed by atoms with van der Waals surface area (Å²) >= 11 is 0. The first-order valence-corrected chi connectivity index (χ1v) is 5.53. The topological polar surface area (TPSA) is 62.7 Å². The quantitative estimate of drug-likeness (QED) is 0.730. The van der Waals surface area contributed by atoms with Gasteiger partial charge in [-0.3, -0.25) is 4.48 Å². The highest BCUT2D eigenvalue weighted by atomic mass is 15.4. The van der Waals surface area contributed by atoms with Crippen LogP contribution >= 0.6 is 0 Å². The van der Waals surface area contributed by atoms with Crippen LogP contribution in [0.25, 0.3) is 0 Å². The van der Waals surface area contributed by atoms with Gasteiger partial charge in [-0.2, -0.15) is 4.98 Å². The minimum atomic E-state index is 0.569. The molecular formula is C10H21N6+. The van der Waals surface area contributed by atoms with Gasteiger partial charge >= 0.3 is 5.95 Å². The first-order valence-electron chi connectivity index (χ1n) is 5.53. The first-order chi connectivity index (χ1) is 7.47. The summed E-state index contributed by atoms with van der Waals surface area (Å²) in [4.78, 5) is 13.0. The number of nitrogens with zero attached hydrogens (tertiary/aromatic N) is 4. The van der Waals surface area contributed by atoms with E-state index in [-0.39, 0.29) is 0 Å². The fourth-order valence-corrected chi connectivity index (χ4v) is 1.14. The molecule has 0 bridgehead atoms. The van der Waals surface area contributed by atoms with Gasteiger partial charge < -0.3 is 10.6 Å². The van der Waals surface area contributed by atoms with Crippen LogP contribution in [-0.2, 0) is 0 Å². The van der Waals surface area contributed by atoms with Crippen LogP contribution < -0.4 is 15.1 Å². The fourth-order valence-electron chi connectivity index (χ4n) is 1.14. The van der Waals surface area contributed by atoms with E-state index in [1.54, 1.807) is 0 Å². The SMILES string of the molecule is CCNc1nc(NCC)nc([N+](C)(C)C)n1.